The van der Waals surface area contributed by atoms with Crippen molar-refractivity contribution in [3.05, 3.63) is 59.5 Å². The van der Waals surface area contributed by atoms with Gasteiger partial charge in [-0.3, -0.25) is 14.5 Å². The van der Waals surface area contributed by atoms with Crippen molar-refractivity contribution in [1.82, 2.24) is 15.9 Å². The molecule has 1 aromatic rings. The molecule has 0 bridgehead atoms. The SMILES string of the molecule is C=C(N[C@@H](CC(C)C)[C@@H](O)C(=O)O[C@H]1CC2(C(C)(C)O)C(=C1C)C[C@@H]1CONO[C@H]3C[C@H]4OC[C@@]4(OC(C)=O)N(C13)[C@@H]2OC(=O)c1ccccc1)OC(C)(C)C. The molecule has 0 saturated carbocycles. The van der Waals surface area contributed by atoms with Crippen molar-refractivity contribution in [2.24, 2.45) is 17.3 Å². The zero-order valence-electron chi connectivity index (χ0n) is 34.0. The van der Waals surface area contributed by atoms with Crippen LogP contribution in [0.5, 0.6) is 0 Å². The molecule has 0 spiro atoms. The van der Waals surface area contributed by atoms with Gasteiger partial charge in [0.2, 0.25) is 5.72 Å². The highest BCUT2D eigenvalue weighted by Crippen LogP contribution is 2.62. The van der Waals surface area contributed by atoms with E-state index < -0.39 is 83.0 Å². The van der Waals surface area contributed by atoms with Crippen molar-refractivity contribution in [3.8, 4) is 0 Å². The van der Waals surface area contributed by atoms with Crippen LogP contribution in [0.15, 0.2) is 53.9 Å². The van der Waals surface area contributed by atoms with E-state index in [0.717, 1.165) is 0 Å². The predicted octanol–water partition coefficient (Wildman–Crippen LogP) is 3.80. The Balaban J connectivity index is 1.45. The van der Waals surface area contributed by atoms with Crippen LogP contribution in [0.3, 0.4) is 0 Å². The Morgan fingerprint density at radius 2 is 1.82 bits per heavy atom. The van der Waals surface area contributed by atoms with E-state index in [4.69, 9.17) is 33.4 Å². The Labute approximate surface area is 328 Å². The number of rotatable bonds is 12. The smallest absolute Gasteiger partial charge is 0.339 e. The van der Waals surface area contributed by atoms with Crippen LogP contribution in [0.25, 0.3) is 0 Å². The van der Waals surface area contributed by atoms with Crippen LogP contribution < -0.4 is 11.0 Å². The third-order valence-electron chi connectivity index (χ3n) is 11.8. The van der Waals surface area contributed by atoms with Crippen LogP contribution in [0.4, 0.5) is 0 Å². The molecule has 15 heteroatoms. The average molecular weight is 786 g/mol. The number of carbonyl (C=O) groups is 3. The van der Waals surface area contributed by atoms with Crippen molar-refractivity contribution in [2.45, 2.75) is 148 Å². The number of aliphatic hydroxyl groups excluding tert-OH is 1. The second-order valence-corrected chi connectivity index (χ2v) is 17.8. The van der Waals surface area contributed by atoms with Gasteiger partial charge in [-0.15, -0.1) is 0 Å². The van der Waals surface area contributed by atoms with Gasteiger partial charge in [0.05, 0.1) is 35.3 Å². The van der Waals surface area contributed by atoms with Crippen molar-refractivity contribution < 1.29 is 58.0 Å². The maximum absolute atomic E-state index is 14.3. The van der Waals surface area contributed by atoms with Crippen LogP contribution in [-0.4, -0.2) is 106 Å². The molecule has 1 aliphatic carbocycles. The summed E-state index contributed by atoms with van der Waals surface area (Å²) in [5.41, 5.74) is -0.873. The van der Waals surface area contributed by atoms with E-state index in [1.54, 1.807) is 44.2 Å². The Hall–Kier alpha value is -3.57. The van der Waals surface area contributed by atoms with Crippen LogP contribution >= 0.6 is 0 Å². The monoisotopic (exact) mass is 785 g/mol. The van der Waals surface area contributed by atoms with Crippen molar-refractivity contribution in [3.63, 3.8) is 0 Å². The minimum atomic E-state index is -1.65. The first-order valence-corrected chi connectivity index (χ1v) is 19.5. The van der Waals surface area contributed by atoms with Crippen LogP contribution in [0, 0.1) is 17.3 Å². The number of fused-ring (bicyclic) bond motifs is 3. The molecule has 0 aromatic heterocycles. The number of carbonyl (C=O) groups excluding carboxylic acids is 3. The molecule has 4 N–H and O–H groups in total. The zero-order chi connectivity index (χ0) is 41.0. The summed E-state index contributed by atoms with van der Waals surface area (Å²) in [6, 6.07) is 7.14. The quantitative estimate of drug-likeness (QED) is 0.104. The third kappa shape index (κ3) is 7.83. The van der Waals surface area contributed by atoms with Crippen LogP contribution in [-0.2, 0) is 42.9 Å². The standard InChI is InChI=1S/C41H59N3O12/c1-22(2)16-29(42-24(4)54-38(6,7)8)34(46)36(48)52-31-19-40(39(9,10)49)28(23(31)3)17-27-20-51-43-56-30-18-32-41(21-50-32,55-25(5)45)44(33(27)30)37(40)53-35(47)26-14-12-11-13-15-26/h11-15,22,27,29-34,37,42-43,46,49H,4,16-21H2,1-3,5-10H3/t27-,29+,30+,31+,32-,33?,34-,37-,40?,41+/m1/s1. The summed E-state index contributed by atoms with van der Waals surface area (Å²) in [7, 11) is 0. The Morgan fingerprint density at radius 3 is 2.41 bits per heavy atom. The van der Waals surface area contributed by atoms with Gasteiger partial charge in [0.15, 0.2) is 18.2 Å². The molecular weight excluding hydrogens is 726 g/mol. The fraction of sp³-hybridized carbons (Fsp3) is 0.683. The lowest BCUT2D eigenvalue weighted by molar-refractivity contribution is -0.385. The highest BCUT2D eigenvalue weighted by atomic mass is 16.9. The first-order chi connectivity index (χ1) is 26.2. The van der Waals surface area contributed by atoms with E-state index in [1.807, 2.05) is 46.4 Å². The molecule has 0 radical (unpaired) electrons. The molecular formula is C41H59N3O12. The van der Waals surface area contributed by atoms with E-state index in [2.05, 4.69) is 17.5 Å². The Kier molecular flexibility index (Phi) is 11.7. The van der Waals surface area contributed by atoms with Gasteiger partial charge in [-0.05, 0) is 84.6 Å². The van der Waals surface area contributed by atoms with Gasteiger partial charge in [-0.1, -0.05) is 43.3 Å². The topological polar surface area (TPSA) is 184 Å². The molecule has 4 heterocycles. The zero-order valence-corrected chi connectivity index (χ0v) is 34.0. The number of nitrogens with one attached hydrogen (secondary N) is 2. The molecule has 310 valence electrons. The third-order valence-corrected chi connectivity index (χ3v) is 11.8. The van der Waals surface area contributed by atoms with E-state index in [1.165, 1.54) is 6.92 Å². The molecule has 4 fully saturated rings. The first-order valence-electron chi connectivity index (χ1n) is 19.5. The Bertz CT molecular complexity index is 1690. The van der Waals surface area contributed by atoms with Crippen molar-refractivity contribution in [2.75, 3.05) is 13.2 Å². The van der Waals surface area contributed by atoms with Crippen molar-refractivity contribution >= 4 is 17.9 Å². The molecule has 15 nitrogen and oxygen atoms in total. The van der Waals surface area contributed by atoms with Crippen LogP contribution in [0.2, 0.25) is 0 Å². The molecule has 6 rings (SSSR count). The van der Waals surface area contributed by atoms with Gasteiger partial charge >= 0.3 is 17.9 Å². The van der Waals surface area contributed by atoms with Gasteiger partial charge in [0.1, 0.15) is 30.5 Å². The number of benzene rings is 1. The Morgan fingerprint density at radius 1 is 1.12 bits per heavy atom. The van der Waals surface area contributed by atoms with Gasteiger partial charge in [-0.25, -0.2) is 14.5 Å². The van der Waals surface area contributed by atoms with Crippen molar-refractivity contribution in [1.29, 1.82) is 0 Å². The lowest BCUT2D eigenvalue weighted by Crippen LogP contribution is -2.82. The summed E-state index contributed by atoms with van der Waals surface area (Å²) in [6.45, 7) is 20.0. The molecule has 0 amide bonds. The molecule has 5 aliphatic rings. The molecule has 10 atom stereocenters. The molecule has 56 heavy (non-hydrogen) atoms. The summed E-state index contributed by atoms with van der Waals surface area (Å²) in [6.07, 6.45) is -4.11. The fourth-order valence-corrected chi connectivity index (χ4v) is 9.45. The number of aliphatic hydroxyl groups is 2. The number of ether oxygens (including phenoxy) is 5. The summed E-state index contributed by atoms with van der Waals surface area (Å²) in [5.74, 6) is -2.18. The number of esters is 3. The van der Waals surface area contributed by atoms with Gasteiger partial charge in [0, 0.05) is 25.7 Å². The normalized spacial score (nSPS) is 32.6. The van der Waals surface area contributed by atoms with Gasteiger partial charge in [0.25, 0.3) is 0 Å². The molecule has 2 unspecified atom stereocenters. The van der Waals surface area contributed by atoms with E-state index >= 15 is 0 Å². The fourth-order valence-electron chi connectivity index (χ4n) is 9.45. The number of hydrogen-bond donors (Lipinski definition) is 4. The van der Waals surface area contributed by atoms with Gasteiger partial charge in [-0.2, -0.15) is 0 Å². The average Bonchev–Trinajstić information content (AvgIpc) is 3.18. The largest absolute Gasteiger partial charge is 0.474 e. The predicted molar refractivity (Wildman–Crippen MR) is 200 cm³/mol. The minimum Gasteiger partial charge on any atom is -0.474 e. The lowest BCUT2D eigenvalue weighted by Gasteiger charge is -2.64. The summed E-state index contributed by atoms with van der Waals surface area (Å²) in [5, 5.41) is 27.2. The summed E-state index contributed by atoms with van der Waals surface area (Å²) >= 11 is 0. The van der Waals surface area contributed by atoms with E-state index in [0.29, 0.717) is 30.4 Å². The maximum atomic E-state index is 14.3. The lowest BCUT2D eigenvalue weighted by atomic mass is 9.65. The molecule has 4 aliphatic heterocycles. The summed E-state index contributed by atoms with van der Waals surface area (Å²) < 4.78 is 31.0. The number of hydrogen-bond acceptors (Lipinski definition) is 15. The first kappa shape index (κ1) is 42.0. The highest BCUT2D eigenvalue weighted by molar-refractivity contribution is 5.89. The van der Waals surface area contributed by atoms with E-state index in [9.17, 15) is 24.6 Å². The molecule has 1 aromatic carbocycles. The van der Waals surface area contributed by atoms with Crippen LogP contribution in [0.1, 0.15) is 98.4 Å². The maximum Gasteiger partial charge on any atom is 0.339 e. The minimum absolute atomic E-state index is 0.0279. The molecule has 4 saturated heterocycles. The second kappa shape index (κ2) is 15.6. The second-order valence-electron chi connectivity index (χ2n) is 17.8. The highest BCUT2D eigenvalue weighted by Gasteiger charge is 2.74. The summed E-state index contributed by atoms with van der Waals surface area (Å²) in [4.78, 5) is 54.9. The van der Waals surface area contributed by atoms with Gasteiger partial charge < -0.3 is 39.2 Å². The number of piperidine rings is 1. The number of nitrogens with zero attached hydrogens (tertiary/aromatic N) is 1. The van der Waals surface area contributed by atoms with E-state index in [-0.39, 0.29) is 42.9 Å².